The Kier molecular flexibility index (Phi) is 4.26. The van der Waals surface area contributed by atoms with Crippen molar-refractivity contribution in [2.45, 2.75) is 56.5 Å². The van der Waals surface area contributed by atoms with Crippen LogP contribution in [-0.2, 0) is 0 Å². The standard InChI is InChI=1S/C19H22N4O2S/c1-13-4-2-5-14(21-13)15(24)22-18-6-3-7-19(12-18,9-8-18)23-16(25)17-20-10-11-26-17/h2,4-5,10-11H,3,6-9,12H2,1H3,(H,22,24)(H,23,25)/t18-,19-/m1/s1. The number of carbonyl (C=O) groups is 2. The van der Waals surface area contributed by atoms with Crippen LogP contribution in [0.15, 0.2) is 29.8 Å². The molecule has 0 aliphatic heterocycles. The van der Waals surface area contributed by atoms with Crippen LogP contribution in [0.1, 0.15) is 64.5 Å². The van der Waals surface area contributed by atoms with Crippen LogP contribution in [-0.4, -0.2) is 32.9 Å². The molecule has 2 saturated carbocycles. The van der Waals surface area contributed by atoms with E-state index in [4.69, 9.17) is 0 Å². The molecule has 2 fully saturated rings. The van der Waals surface area contributed by atoms with E-state index in [0.29, 0.717) is 10.7 Å². The Bertz CT molecular complexity index is 838. The highest BCUT2D eigenvalue weighted by Gasteiger charge is 2.52. The van der Waals surface area contributed by atoms with Crippen molar-refractivity contribution in [2.24, 2.45) is 0 Å². The molecule has 2 amide bonds. The van der Waals surface area contributed by atoms with Gasteiger partial charge in [-0.25, -0.2) is 9.97 Å². The molecule has 26 heavy (non-hydrogen) atoms. The summed E-state index contributed by atoms with van der Waals surface area (Å²) in [5.74, 6) is -0.234. The van der Waals surface area contributed by atoms with Crippen LogP contribution in [0.2, 0.25) is 0 Å². The summed E-state index contributed by atoms with van der Waals surface area (Å²) in [5, 5.41) is 8.75. The summed E-state index contributed by atoms with van der Waals surface area (Å²) >= 11 is 1.35. The van der Waals surface area contributed by atoms with Gasteiger partial charge in [0, 0.05) is 28.3 Å². The lowest BCUT2D eigenvalue weighted by molar-refractivity contribution is 0.0829. The lowest BCUT2D eigenvalue weighted by Crippen LogP contribution is -2.55. The maximum Gasteiger partial charge on any atom is 0.280 e. The highest BCUT2D eigenvalue weighted by molar-refractivity contribution is 7.11. The summed E-state index contributed by atoms with van der Waals surface area (Å²) in [6.45, 7) is 1.88. The van der Waals surface area contributed by atoms with E-state index in [9.17, 15) is 9.59 Å². The topological polar surface area (TPSA) is 84.0 Å². The summed E-state index contributed by atoms with van der Waals surface area (Å²) in [6, 6.07) is 5.47. The van der Waals surface area contributed by atoms with Crippen LogP contribution in [0.5, 0.6) is 0 Å². The Balaban J connectivity index is 1.48. The average Bonchev–Trinajstić information content (AvgIpc) is 3.22. The fourth-order valence-corrected chi connectivity index (χ4v) is 4.97. The van der Waals surface area contributed by atoms with Crippen LogP contribution in [0, 0.1) is 6.92 Å². The molecule has 6 nitrogen and oxygen atoms in total. The lowest BCUT2D eigenvalue weighted by atomic mass is 9.78. The van der Waals surface area contributed by atoms with Crippen molar-refractivity contribution in [3.05, 3.63) is 46.2 Å². The third kappa shape index (κ3) is 3.23. The van der Waals surface area contributed by atoms with Crippen LogP contribution < -0.4 is 10.6 Å². The van der Waals surface area contributed by atoms with Crippen molar-refractivity contribution >= 4 is 23.2 Å². The van der Waals surface area contributed by atoms with Gasteiger partial charge in [0.05, 0.1) is 0 Å². The second kappa shape index (κ2) is 6.46. The quantitative estimate of drug-likeness (QED) is 0.867. The van der Waals surface area contributed by atoms with Gasteiger partial charge in [-0.2, -0.15) is 0 Å². The van der Waals surface area contributed by atoms with Gasteiger partial charge in [-0.1, -0.05) is 6.07 Å². The molecule has 2 N–H and O–H groups in total. The Labute approximate surface area is 156 Å². The number of hydrogen-bond acceptors (Lipinski definition) is 5. The first-order valence-corrected chi connectivity index (χ1v) is 9.86. The highest BCUT2D eigenvalue weighted by Crippen LogP contribution is 2.48. The van der Waals surface area contributed by atoms with E-state index in [1.165, 1.54) is 11.3 Å². The molecule has 0 unspecified atom stereocenters. The summed E-state index contributed by atoms with van der Waals surface area (Å²) in [7, 11) is 0. The maximum atomic E-state index is 12.7. The number of aryl methyl sites for hydroxylation is 1. The number of thiazole rings is 1. The van der Waals surface area contributed by atoms with Gasteiger partial charge in [0.1, 0.15) is 5.69 Å². The van der Waals surface area contributed by atoms with E-state index in [1.807, 2.05) is 24.4 Å². The third-order valence-electron chi connectivity index (χ3n) is 5.57. The fraction of sp³-hybridized carbons (Fsp3) is 0.474. The van der Waals surface area contributed by atoms with Gasteiger partial charge in [0.2, 0.25) is 0 Å². The first-order chi connectivity index (χ1) is 12.5. The maximum absolute atomic E-state index is 12.7. The minimum absolute atomic E-state index is 0.107. The van der Waals surface area contributed by atoms with Crippen molar-refractivity contribution in [3.63, 3.8) is 0 Å². The van der Waals surface area contributed by atoms with Crippen molar-refractivity contribution < 1.29 is 9.59 Å². The molecule has 0 radical (unpaired) electrons. The van der Waals surface area contributed by atoms with E-state index in [-0.39, 0.29) is 22.9 Å². The van der Waals surface area contributed by atoms with Gasteiger partial charge >= 0.3 is 0 Å². The van der Waals surface area contributed by atoms with Crippen LogP contribution in [0.4, 0.5) is 0 Å². The van der Waals surface area contributed by atoms with E-state index in [1.54, 1.807) is 12.3 Å². The second-order valence-corrected chi connectivity index (χ2v) is 8.40. The normalized spacial score (nSPS) is 27.1. The molecule has 2 atom stereocenters. The summed E-state index contributed by atoms with van der Waals surface area (Å²) < 4.78 is 0. The van der Waals surface area contributed by atoms with Crippen LogP contribution in [0.25, 0.3) is 0 Å². The Hall–Kier alpha value is -2.28. The highest BCUT2D eigenvalue weighted by atomic mass is 32.1. The molecule has 0 aromatic carbocycles. The van der Waals surface area contributed by atoms with E-state index in [0.717, 1.165) is 44.2 Å². The molecule has 2 heterocycles. The number of fused-ring (bicyclic) bond motifs is 2. The average molecular weight is 370 g/mol. The van der Waals surface area contributed by atoms with Gasteiger partial charge in [-0.15, -0.1) is 11.3 Å². The SMILES string of the molecule is Cc1cccc(C(=O)N[C@]23CCC[C@@](NC(=O)c4nccs4)(CC2)C3)n1. The van der Waals surface area contributed by atoms with Gasteiger partial charge in [0.25, 0.3) is 11.8 Å². The van der Waals surface area contributed by atoms with Crippen molar-refractivity contribution in [2.75, 3.05) is 0 Å². The van der Waals surface area contributed by atoms with Gasteiger partial charge in [-0.3, -0.25) is 9.59 Å². The minimum atomic E-state index is -0.253. The minimum Gasteiger partial charge on any atom is -0.345 e. The number of aromatic nitrogens is 2. The molecular weight excluding hydrogens is 348 g/mol. The number of nitrogens with one attached hydrogen (secondary N) is 2. The molecule has 2 bridgehead atoms. The van der Waals surface area contributed by atoms with Crippen molar-refractivity contribution in [1.29, 1.82) is 0 Å². The monoisotopic (exact) mass is 370 g/mol. The van der Waals surface area contributed by atoms with Crippen molar-refractivity contribution in [1.82, 2.24) is 20.6 Å². The predicted octanol–water partition coefficient (Wildman–Crippen LogP) is 2.85. The lowest BCUT2D eigenvalue weighted by Gasteiger charge is -2.40. The molecule has 0 spiro atoms. The number of pyridine rings is 1. The molecule has 2 aromatic heterocycles. The number of carbonyl (C=O) groups excluding carboxylic acids is 2. The Morgan fingerprint density at radius 2 is 1.81 bits per heavy atom. The number of rotatable bonds is 4. The zero-order valence-electron chi connectivity index (χ0n) is 14.7. The molecule has 2 aliphatic carbocycles. The predicted molar refractivity (Wildman–Crippen MR) is 99.2 cm³/mol. The first kappa shape index (κ1) is 17.1. The summed E-state index contributed by atoms with van der Waals surface area (Å²) in [6.07, 6.45) is 7.05. The molecule has 2 aromatic rings. The number of nitrogens with zero attached hydrogens (tertiary/aromatic N) is 2. The van der Waals surface area contributed by atoms with Crippen molar-refractivity contribution in [3.8, 4) is 0 Å². The molecule has 136 valence electrons. The van der Waals surface area contributed by atoms with E-state index < -0.39 is 0 Å². The largest absolute Gasteiger partial charge is 0.345 e. The smallest absolute Gasteiger partial charge is 0.280 e. The van der Waals surface area contributed by atoms with Crippen LogP contribution >= 0.6 is 11.3 Å². The number of hydrogen-bond donors (Lipinski definition) is 2. The molecule has 7 heteroatoms. The van der Waals surface area contributed by atoms with E-state index >= 15 is 0 Å². The fourth-order valence-electron chi connectivity index (χ4n) is 4.44. The summed E-state index contributed by atoms with van der Waals surface area (Å²) in [4.78, 5) is 33.6. The Morgan fingerprint density at radius 1 is 1.08 bits per heavy atom. The van der Waals surface area contributed by atoms with E-state index in [2.05, 4.69) is 20.6 Å². The van der Waals surface area contributed by atoms with Gasteiger partial charge in [0.15, 0.2) is 5.01 Å². The zero-order chi connectivity index (χ0) is 18.2. The Morgan fingerprint density at radius 3 is 2.46 bits per heavy atom. The first-order valence-electron chi connectivity index (χ1n) is 8.98. The third-order valence-corrected chi connectivity index (χ3v) is 6.35. The molecule has 4 rings (SSSR count). The zero-order valence-corrected chi connectivity index (χ0v) is 15.6. The van der Waals surface area contributed by atoms with Gasteiger partial charge < -0.3 is 10.6 Å². The summed E-state index contributed by atoms with van der Waals surface area (Å²) in [5.41, 5.74) is 0.787. The van der Waals surface area contributed by atoms with Gasteiger partial charge in [-0.05, 0) is 57.6 Å². The van der Waals surface area contributed by atoms with Crippen LogP contribution in [0.3, 0.4) is 0 Å². The molecule has 2 aliphatic rings. The second-order valence-electron chi connectivity index (χ2n) is 7.50. The molecular formula is C19H22N4O2S. The number of amides is 2. The molecule has 0 saturated heterocycles.